The predicted octanol–water partition coefficient (Wildman–Crippen LogP) is 5.53. The fourth-order valence-corrected chi connectivity index (χ4v) is 4.20. The summed E-state index contributed by atoms with van der Waals surface area (Å²) < 4.78 is 53.4. The molecule has 7 nitrogen and oxygen atoms in total. The van der Waals surface area contributed by atoms with Gasteiger partial charge in [0.2, 0.25) is 0 Å². The quantitative estimate of drug-likeness (QED) is 0.346. The number of amides is 1. The highest BCUT2D eigenvalue weighted by Gasteiger charge is 2.28. The van der Waals surface area contributed by atoms with Crippen LogP contribution in [0.15, 0.2) is 47.3 Å². The molecule has 2 aromatic heterocycles. The zero-order chi connectivity index (χ0) is 23.4. The van der Waals surface area contributed by atoms with Gasteiger partial charge in [-0.15, -0.1) is 11.3 Å². The van der Waals surface area contributed by atoms with Gasteiger partial charge in [0.15, 0.2) is 23.2 Å². The number of aromatic nitrogens is 2. The monoisotopic (exact) mass is 495 g/mol. The predicted molar refractivity (Wildman–Crippen MR) is 119 cm³/mol. The van der Waals surface area contributed by atoms with Gasteiger partial charge in [0, 0.05) is 10.9 Å². The van der Waals surface area contributed by atoms with E-state index in [4.69, 9.17) is 14.2 Å². The van der Waals surface area contributed by atoms with E-state index < -0.39 is 18.7 Å². The van der Waals surface area contributed by atoms with Crippen molar-refractivity contribution in [3.8, 4) is 17.2 Å². The first kappa shape index (κ1) is 22.8. The number of thiazole rings is 2. The smallest absolute Gasteiger partial charge is 0.422 e. The van der Waals surface area contributed by atoms with Crippen LogP contribution in [0.4, 0.5) is 18.3 Å². The molecule has 0 aliphatic carbocycles. The second kappa shape index (κ2) is 9.63. The maximum Gasteiger partial charge on any atom is 0.422 e. The standard InChI is InChI=1S/C21H16F3N3O4S2/c1-29-17-6-12(2-5-16(17)30-8-13-9-32-11-25-13)19(28)27-20-26-15-4-3-14(7-18(15)33-20)31-10-21(22,23)24/h2-7,9,11H,8,10H2,1H3,(H,26,27,28). The van der Waals surface area contributed by atoms with Crippen molar-refractivity contribution in [1.29, 1.82) is 0 Å². The lowest BCUT2D eigenvalue weighted by Gasteiger charge is -2.11. The lowest BCUT2D eigenvalue weighted by molar-refractivity contribution is -0.153. The third kappa shape index (κ3) is 5.90. The number of nitrogens with one attached hydrogen (secondary N) is 1. The van der Waals surface area contributed by atoms with Crippen molar-refractivity contribution >= 4 is 43.9 Å². The number of hydrogen-bond acceptors (Lipinski definition) is 8. The van der Waals surface area contributed by atoms with E-state index in [-0.39, 0.29) is 12.4 Å². The molecular weight excluding hydrogens is 479 g/mol. The highest BCUT2D eigenvalue weighted by atomic mass is 32.1. The summed E-state index contributed by atoms with van der Waals surface area (Å²) in [5.74, 6) is 0.494. The summed E-state index contributed by atoms with van der Waals surface area (Å²) in [6.45, 7) is -1.11. The number of anilines is 1. The molecule has 4 rings (SSSR count). The molecule has 0 spiro atoms. The Morgan fingerprint density at radius 3 is 2.70 bits per heavy atom. The van der Waals surface area contributed by atoms with Gasteiger partial charge >= 0.3 is 6.18 Å². The molecule has 0 radical (unpaired) electrons. The second-order valence-corrected chi connectivity index (χ2v) is 8.39. The number of rotatable bonds is 8. The number of alkyl halides is 3. The molecular formula is C21H16F3N3O4S2. The zero-order valence-corrected chi connectivity index (χ0v) is 18.6. The highest BCUT2D eigenvalue weighted by Crippen LogP contribution is 2.32. The fraction of sp³-hybridized carbons (Fsp3) is 0.190. The van der Waals surface area contributed by atoms with Gasteiger partial charge in [-0.05, 0) is 36.4 Å². The number of hydrogen-bond donors (Lipinski definition) is 1. The minimum atomic E-state index is -4.43. The first-order valence-electron chi connectivity index (χ1n) is 9.40. The molecule has 2 aromatic carbocycles. The summed E-state index contributed by atoms with van der Waals surface area (Å²) in [5, 5.41) is 4.86. The number of carbonyl (C=O) groups excluding carboxylic acids is 1. The largest absolute Gasteiger partial charge is 0.493 e. The molecule has 0 saturated heterocycles. The molecule has 33 heavy (non-hydrogen) atoms. The number of carbonyl (C=O) groups is 1. The van der Waals surface area contributed by atoms with Crippen molar-refractivity contribution in [2.45, 2.75) is 12.8 Å². The van der Waals surface area contributed by atoms with Crippen LogP contribution in [0.3, 0.4) is 0 Å². The Morgan fingerprint density at radius 2 is 1.97 bits per heavy atom. The summed E-state index contributed by atoms with van der Waals surface area (Å²) in [4.78, 5) is 21.1. The van der Waals surface area contributed by atoms with Gasteiger partial charge in [0.25, 0.3) is 5.91 Å². The molecule has 172 valence electrons. The Labute approximate surface area is 193 Å². The molecule has 2 heterocycles. The van der Waals surface area contributed by atoms with Gasteiger partial charge in [0.1, 0.15) is 12.4 Å². The Bertz CT molecular complexity index is 1260. The first-order chi connectivity index (χ1) is 15.8. The number of benzene rings is 2. The van der Waals surface area contributed by atoms with Gasteiger partial charge in [-0.25, -0.2) is 9.97 Å². The maximum absolute atomic E-state index is 12.7. The Kier molecular flexibility index (Phi) is 6.65. The van der Waals surface area contributed by atoms with E-state index in [1.54, 1.807) is 23.7 Å². The van der Waals surface area contributed by atoms with E-state index in [1.165, 1.54) is 36.6 Å². The highest BCUT2D eigenvalue weighted by molar-refractivity contribution is 7.22. The number of nitrogens with zero attached hydrogens (tertiary/aromatic N) is 2. The molecule has 4 aromatic rings. The molecule has 0 atom stereocenters. The lowest BCUT2D eigenvalue weighted by Crippen LogP contribution is -2.19. The van der Waals surface area contributed by atoms with E-state index in [2.05, 4.69) is 15.3 Å². The van der Waals surface area contributed by atoms with Crippen molar-refractivity contribution in [3.63, 3.8) is 0 Å². The minimum absolute atomic E-state index is 0.0688. The molecule has 0 unspecified atom stereocenters. The van der Waals surface area contributed by atoms with Crippen LogP contribution in [-0.2, 0) is 6.61 Å². The van der Waals surface area contributed by atoms with Crippen LogP contribution in [0.1, 0.15) is 16.1 Å². The zero-order valence-electron chi connectivity index (χ0n) is 17.0. The summed E-state index contributed by atoms with van der Waals surface area (Å²) in [6, 6.07) is 9.14. The number of ether oxygens (including phenoxy) is 3. The van der Waals surface area contributed by atoms with Gasteiger partial charge in [-0.3, -0.25) is 10.1 Å². The summed E-state index contributed by atoms with van der Waals surface area (Å²) in [7, 11) is 1.47. The van der Waals surface area contributed by atoms with Crippen molar-refractivity contribution in [1.82, 2.24) is 9.97 Å². The van der Waals surface area contributed by atoms with E-state index in [0.717, 1.165) is 17.0 Å². The third-order valence-electron chi connectivity index (χ3n) is 4.27. The van der Waals surface area contributed by atoms with Crippen LogP contribution in [0.25, 0.3) is 10.2 Å². The summed E-state index contributed by atoms with van der Waals surface area (Å²) >= 11 is 2.59. The number of methoxy groups -OCH3 is 1. The van der Waals surface area contributed by atoms with Gasteiger partial charge in [-0.1, -0.05) is 11.3 Å². The SMILES string of the molecule is COc1cc(C(=O)Nc2nc3ccc(OCC(F)(F)F)cc3s2)ccc1OCc1cscn1. The van der Waals surface area contributed by atoms with Crippen LogP contribution in [0.2, 0.25) is 0 Å². The normalized spacial score (nSPS) is 11.4. The Morgan fingerprint density at radius 1 is 1.12 bits per heavy atom. The van der Waals surface area contributed by atoms with Crippen LogP contribution < -0.4 is 19.5 Å². The van der Waals surface area contributed by atoms with E-state index >= 15 is 0 Å². The van der Waals surface area contributed by atoms with Gasteiger partial charge < -0.3 is 14.2 Å². The van der Waals surface area contributed by atoms with Crippen molar-refractivity contribution in [2.75, 3.05) is 19.0 Å². The molecule has 12 heteroatoms. The van der Waals surface area contributed by atoms with Crippen LogP contribution in [0, 0.1) is 0 Å². The molecule has 0 aliphatic rings. The minimum Gasteiger partial charge on any atom is -0.493 e. The third-order valence-corrected chi connectivity index (χ3v) is 5.84. The van der Waals surface area contributed by atoms with Crippen molar-refractivity contribution < 1.29 is 32.2 Å². The Balaban J connectivity index is 1.44. The fourth-order valence-electron chi connectivity index (χ4n) is 2.77. The van der Waals surface area contributed by atoms with Gasteiger partial charge in [-0.2, -0.15) is 13.2 Å². The van der Waals surface area contributed by atoms with E-state index in [9.17, 15) is 18.0 Å². The van der Waals surface area contributed by atoms with E-state index in [1.807, 2.05) is 5.38 Å². The topological polar surface area (TPSA) is 82.6 Å². The average Bonchev–Trinajstić information content (AvgIpc) is 3.44. The first-order valence-corrected chi connectivity index (χ1v) is 11.2. The molecule has 0 aliphatic heterocycles. The molecule has 1 amide bonds. The second-order valence-electron chi connectivity index (χ2n) is 6.64. The van der Waals surface area contributed by atoms with Crippen LogP contribution in [-0.4, -0.2) is 35.8 Å². The number of fused-ring (bicyclic) bond motifs is 1. The van der Waals surface area contributed by atoms with Crippen molar-refractivity contribution in [3.05, 3.63) is 58.5 Å². The van der Waals surface area contributed by atoms with Crippen molar-refractivity contribution in [2.24, 2.45) is 0 Å². The Hall–Kier alpha value is -3.38. The average molecular weight is 496 g/mol. The van der Waals surface area contributed by atoms with Gasteiger partial charge in [0.05, 0.1) is 28.5 Å². The number of halogens is 3. The summed E-state index contributed by atoms with van der Waals surface area (Å²) in [6.07, 6.45) is -4.43. The lowest BCUT2D eigenvalue weighted by atomic mass is 10.2. The van der Waals surface area contributed by atoms with E-state index in [0.29, 0.717) is 32.4 Å². The maximum atomic E-state index is 12.7. The molecule has 0 bridgehead atoms. The molecule has 0 fully saturated rings. The summed E-state index contributed by atoms with van der Waals surface area (Å²) in [5.41, 5.74) is 3.34. The van der Waals surface area contributed by atoms with Crippen LogP contribution in [0.5, 0.6) is 17.2 Å². The molecule has 1 N–H and O–H groups in total. The van der Waals surface area contributed by atoms with Crippen LogP contribution >= 0.6 is 22.7 Å². The molecule has 0 saturated carbocycles.